The molecule has 0 saturated heterocycles. The molecule has 1 aliphatic rings. The fraction of sp³-hybridized carbons (Fsp3) is 0.333. The van der Waals surface area contributed by atoms with Gasteiger partial charge in [0.2, 0.25) is 11.8 Å². The minimum absolute atomic E-state index is 0.0286. The molecular formula is C30H32Cl3N3O5S. The minimum atomic E-state index is -4.28. The standard InChI is InChI=1S/C30H32Cl3N3O5S/c1-20(30(38)34-24-8-6-7-9-24)35(18-21-12-13-22(31)16-26(21)33)29(37)19-36(27-17-23(32)14-15-28(27)41-2)42(39,40)25-10-4-3-5-11-25/h3-5,10-17,20,24H,6-9,18-19H2,1-2H3,(H,34,38)/t20-/m1/s1. The molecule has 224 valence electrons. The van der Waals surface area contributed by atoms with Crippen molar-refractivity contribution >= 4 is 62.3 Å². The summed E-state index contributed by atoms with van der Waals surface area (Å²) in [7, 11) is -2.89. The fourth-order valence-corrected chi connectivity index (χ4v) is 6.97. The summed E-state index contributed by atoms with van der Waals surface area (Å²) in [5.74, 6) is -0.763. The average molecular weight is 653 g/mol. The van der Waals surface area contributed by atoms with E-state index in [-0.39, 0.29) is 39.8 Å². The highest BCUT2D eigenvalue weighted by molar-refractivity contribution is 7.92. The van der Waals surface area contributed by atoms with Crippen molar-refractivity contribution in [2.75, 3.05) is 18.0 Å². The van der Waals surface area contributed by atoms with Gasteiger partial charge in [-0.3, -0.25) is 13.9 Å². The van der Waals surface area contributed by atoms with Gasteiger partial charge in [0.15, 0.2) is 0 Å². The molecular weight excluding hydrogens is 621 g/mol. The van der Waals surface area contributed by atoms with E-state index in [4.69, 9.17) is 39.5 Å². The molecule has 0 heterocycles. The number of halogens is 3. The molecule has 1 aliphatic carbocycles. The lowest BCUT2D eigenvalue weighted by atomic mass is 10.1. The van der Waals surface area contributed by atoms with Crippen molar-refractivity contribution in [3.63, 3.8) is 0 Å². The van der Waals surface area contributed by atoms with Gasteiger partial charge in [-0.05, 0) is 67.8 Å². The first kappa shape index (κ1) is 31.9. The summed E-state index contributed by atoms with van der Waals surface area (Å²) < 4.78 is 34.4. The van der Waals surface area contributed by atoms with Gasteiger partial charge in [0.05, 0.1) is 17.7 Å². The van der Waals surface area contributed by atoms with E-state index < -0.39 is 28.5 Å². The molecule has 4 rings (SSSR count). The normalized spacial score (nSPS) is 14.3. The number of carbonyl (C=O) groups is 2. The summed E-state index contributed by atoms with van der Waals surface area (Å²) in [5, 5.41) is 4.02. The number of anilines is 1. The van der Waals surface area contributed by atoms with Gasteiger partial charge >= 0.3 is 0 Å². The van der Waals surface area contributed by atoms with Crippen LogP contribution in [-0.2, 0) is 26.2 Å². The van der Waals surface area contributed by atoms with Gasteiger partial charge in [-0.1, -0.05) is 71.9 Å². The molecule has 42 heavy (non-hydrogen) atoms. The molecule has 0 spiro atoms. The number of hydrogen-bond donors (Lipinski definition) is 1. The van der Waals surface area contributed by atoms with Gasteiger partial charge in [0.25, 0.3) is 10.0 Å². The molecule has 2 amide bonds. The first-order valence-electron chi connectivity index (χ1n) is 13.5. The van der Waals surface area contributed by atoms with Crippen LogP contribution in [0.2, 0.25) is 15.1 Å². The summed E-state index contributed by atoms with van der Waals surface area (Å²) >= 11 is 18.8. The summed E-state index contributed by atoms with van der Waals surface area (Å²) in [6.07, 6.45) is 3.78. The van der Waals surface area contributed by atoms with Crippen LogP contribution in [0.4, 0.5) is 5.69 Å². The van der Waals surface area contributed by atoms with Crippen molar-refractivity contribution in [2.45, 2.75) is 56.1 Å². The first-order valence-corrected chi connectivity index (χ1v) is 16.0. The first-order chi connectivity index (χ1) is 20.0. The van der Waals surface area contributed by atoms with Crippen LogP contribution in [-0.4, -0.2) is 50.9 Å². The maximum Gasteiger partial charge on any atom is 0.264 e. The van der Waals surface area contributed by atoms with Crippen molar-refractivity contribution in [1.29, 1.82) is 0 Å². The van der Waals surface area contributed by atoms with Crippen LogP contribution in [0.1, 0.15) is 38.2 Å². The van der Waals surface area contributed by atoms with Crippen LogP contribution in [0, 0.1) is 0 Å². The Labute approximate surface area is 261 Å². The second-order valence-electron chi connectivity index (χ2n) is 10.1. The fourth-order valence-electron chi connectivity index (χ4n) is 4.90. The Morgan fingerprint density at radius 3 is 2.26 bits per heavy atom. The third-order valence-corrected chi connectivity index (χ3v) is 9.84. The van der Waals surface area contributed by atoms with Crippen LogP contribution in [0.5, 0.6) is 5.75 Å². The zero-order valence-corrected chi connectivity index (χ0v) is 26.3. The van der Waals surface area contributed by atoms with E-state index in [1.807, 2.05) is 0 Å². The number of hydrogen-bond acceptors (Lipinski definition) is 5. The van der Waals surface area contributed by atoms with Crippen molar-refractivity contribution in [1.82, 2.24) is 10.2 Å². The summed E-state index contributed by atoms with van der Waals surface area (Å²) in [5.41, 5.74) is 0.627. The highest BCUT2D eigenvalue weighted by atomic mass is 35.5. The van der Waals surface area contributed by atoms with Gasteiger partial charge in [-0.2, -0.15) is 0 Å². The predicted molar refractivity (Wildman–Crippen MR) is 166 cm³/mol. The summed E-state index contributed by atoms with van der Waals surface area (Å²) in [6.45, 7) is 0.919. The Balaban J connectivity index is 1.75. The Bertz CT molecular complexity index is 1530. The quantitative estimate of drug-likeness (QED) is 0.261. The average Bonchev–Trinajstić information content (AvgIpc) is 3.48. The monoisotopic (exact) mass is 651 g/mol. The zero-order chi connectivity index (χ0) is 30.4. The van der Waals surface area contributed by atoms with Crippen LogP contribution < -0.4 is 14.4 Å². The van der Waals surface area contributed by atoms with Gasteiger partial charge in [-0.15, -0.1) is 0 Å². The number of nitrogens with zero attached hydrogens (tertiary/aromatic N) is 2. The highest BCUT2D eigenvalue weighted by Gasteiger charge is 2.34. The molecule has 3 aromatic carbocycles. The second-order valence-corrected chi connectivity index (χ2v) is 13.2. The lowest BCUT2D eigenvalue weighted by molar-refractivity contribution is -0.139. The molecule has 0 radical (unpaired) electrons. The van der Waals surface area contributed by atoms with E-state index in [1.165, 1.54) is 36.3 Å². The van der Waals surface area contributed by atoms with E-state index in [0.717, 1.165) is 30.0 Å². The maximum absolute atomic E-state index is 14.2. The maximum atomic E-state index is 14.2. The SMILES string of the molecule is COc1ccc(Cl)cc1N(CC(=O)N(Cc1ccc(Cl)cc1Cl)[C@H](C)C(=O)NC1CCCC1)S(=O)(=O)c1ccccc1. The molecule has 3 aromatic rings. The predicted octanol–water partition coefficient (Wildman–Crippen LogP) is 6.33. The topological polar surface area (TPSA) is 96.0 Å². The van der Waals surface area contributed by atoms with E-state index in [2.05, 4.69) is 5.32 Å². The molecule has 1 atom stereocenters. The zero-order valence-electron chi connectivity index (χ0n) is 23.2. The van der Waals surface area contributed by atoms with Crippen molar-refractivity contribution in [3.05, 3.63) is 87.4 Å². The summed E-state index contributed by atoms with van der Waals surface area (Å²) in [4.78, 5) is 28.8. The third-order valence-electron chi connectivity index (χ3n) is 7.24. The Morgan fingerprint density at radius 2 is 1.62 bits per heavy atom. The number of methoxy groups -OCH3 is 1. The van der Waals surface area contributed by atoms with Gasteiger partial charge < -0.3 is 15.0 Å². The number of benzene rings is 3. The molecule has 0 unspecified atom stereocenters. The molecule has 12 heteroatoms. The van der Waals surface area contributed by atoms with Gasteiger partial charge in [0.1, 0.15) is 18.3 Å². The molecule has 1 fully saturated rings. The molecule has 0 aliphatic heterocycles. The number of sulfonamides is 1. The van der Waals surface area contributed by atoms with Crippen LogP contribution in [0.3, 0.4) is 0 Å². The Hall–Kier alpha value is -2.98. The highest BCUT2D eigenvalue weighted by Crippen LogP contribution is 2.35. The minimum Gasteiger partial charge on any atom is -0.495 e. The van der Waals surface area contributed by atoms with Crippen LogP contribution in [0.15, 0.2) is 71.6 Å². The van der Waals surface area contributed by atoms with E-state index in [0.29, 0.717) is 15.6 Å². The van der Waals surface area contributed by atoms with Crippen molar-refractivity contribution < 1.29 is 22.7 Å². The molecule has 0 bridgehead atoms. The van der Waals surface area contributed by atoms with Crippen molar-refractivity contribution in [2.24, 2.45) is 0 Å². The van der Waals surface area contributed by atoms with Crippen LogP contribution >= 0.6 is 34.8 Å². The molecule has 1 saturated carbocycles. The number of rotatable bonds is 11. The van der Waals surface area contributed by atoms with E-state index in [1.54, 1.807) is 49.4 Å². The lowest BCUT2D eigenvalue weighted by Crippen LogP contribution is -2.52. The third kappa shape index (κ3) is 7.50. The number of carbonyl (C=O) groups excluding carboxylic acids is 2. The molecule has 8 nitrogen and oxygen atoms in total. The molecule has 1 N–H and O–H groups in total. The van der Waals surface area contributed by atoms with Crippen molar-refractivity contribution in [3.8, 4) is 5.75 Å². The lowest BCUT2D eigenvalue weighted by Gasteiger charge is -2.33. The smallest absolute Gasteiger partial charge is 0.264 e. The number of nitrogens with one attached hydrogen (secondary N) is 1. The van der Waals surface area contributed by atoms with E-state index >= 15 is 0 Å². The van der Waals surface area contributed by atoms with E-state index in [9.17, 15) is 18.0 Å². The molecule has 0 aromatic heterocycles. The van der Waals surface area contributed by atoms with Gasteiger partial charge in [-0.25, -0.2) is 8.42 Å². The number of amides is 2. The largest absolute Gasteiger partial charge is 0.495 e. The number of ether oxygens (including phenoxy) is 1. The second kappa shape index (κ2) is 14.0. The Kier molecular flexibility index (Phi) is 10.6. The summed E-state index contributed by atoms with van der Waals surface area (Å²) in [6, 6.07) is 16.2. The Morgan fingerprint density at radius 1 is 0.976 bits per heavy atom. The van der Waals surface area contributed by atoms with Gasteiger partial charge in [0, 0.05) is 27.7 Å². The van der Waals surface area contributed by atoms with Crippen LogP contribution in [0.25, 0.3) is 0 Å².